The molecule has 1 unspecified atom stereocenters. The average Bonchev–Trinajstić information content (AvgIpc) is 2.63. The van der Waals surface area contributed by atoms with Crippen molar-refractivity contribution in [2.45, 2.75) is 58.9 Å². The third kappa shape index (κ3) is 3.82. The molecule has 28 heavy (non-hydrogen) atoms. The van der Waals surface area contributed by atoms with E-state index in [4.69, 9.17) is 0 Å². The van der Waals surface area contributed by atoms with Crippen LogP contribution in [0, 0.1) is 6.92 Å². The number of aliphatic imine (C=N–C) groups is 1. The molecule has 0 radical (unpaired) electrons. The fourth-order valence-corrected chi connectivity index (χ4v) is 4.38. The maximum Gasteiger partial charge on any atom is 0.336 e. The number of fused-ring (bicyclic) bond motifs is 1. The summed E-state index contributed by atoms with van der Waals surface area (Å²) in [6, 6.07) is 11.8. The third-order valence-electron chi connectivity index (χ3n) is 5.75. The molecule has 0 bridgehead atoms. The number of rotatable bonds is 5. The SMILES string of the molecule is CCCN1c2ccc(C=Nc3cccc(C(=O)O)c3C)cc2C(C)CC1(C)C. The van der Waals surface area contributed by atoms with Crippen LogP contribution in [-0.2, 0) is 0 Å². The maximum absolute atomic E-state index is 11.3. The van der Waals surface area contributed by atoms with Crippen LogP contribution < -0.4 is 4.90 Å². The van der Waals surface area contributed by atoms with Gasteiger partial charge in [0.15, 0.2) is 0 Å². The summed E-state index contributed by atoms with van der Waals surface area (Å²) >= 11 is 0. The Hall–Kier alpha value is -2.62. The van der Waals surface area contributed by atoms with Crippen molar-refractivity contribution in [3.63, 3.8) is 0 Å². The topological polar surface area (TPSA) is 52.9 Å². The largest absolute Gasteiger partial charge is 0.478 e. The van der Waals surface area contributed by atoms with Gasteiger partial charge in [0, 0.05) is 24.0 Å². The smallest absolute Gasteiger partial charge is 0.336 e. The maximum atomic E-state index is 11.3. The Morgan fingerprint density at radius 2 is 2.07 bits per heavy atom. The Bertz CT molecular complexity index is 915. The number of hydrogen-bond acceptors (Lipinski definition) is 3. The van der Waals surface area contributed by atoms with Crippen LogP contribution in [0.1, 0.15) is 73.5 Å². The second-order valence-corrected chi connectivity index (χ2v) is 8.40. The lowest BCUT2D eigenvalue weighted by Gasteiger charge is -2.47. The number of carboxylic acid groups (broad SMARTS) is 1. The lowest BCUT2D eigenvalue weighted by Crippen LogP contribution is -2.48. The number of carbonyl (C=O) groups is 1. The van der Waals surface area contributed by atoms with E-state index in [1.54, 1.807) is 19.1 Å². The predicted molar refractivity (Wildman–Crippen MR) is 117 cm³/mol. The van der Waals surface area contributed by atoms with Crippen LogP contribution in [0.2, 0.25) is 0 Å². The van der Waals surface area contributed by atoms with Crippen molar-refractivity contribution in [3.05, 3.63) is 58.7 Å². The fraction of sp³-hybridized carbons (Fsp3) is 0.417. The molecule has 0 saturated carbocycles. The Morgan fingerprint density at radius 3 is 2.75 bits per heavy atom. The van der Waals surface area contributed by atoms with Crippen LogP contribution in [0.5, 0.6) is 0 Å². The normalized spacial score (nSPS) is 18.3. The molecule has 0 aromatic heterocycles. The van der Waals surface area contributed by atoms with Gasteiger partial charge in [0.25, 0.3) is 0 Å². The molecule has 0 fully saturated rings. The summed E-state index contributed by atoms with van der Waals surface area (Å²) in [6.45, 7) is 12.0. The molecule has 3 rings (SSSR count). The van der Waals surface area contributed by atoms with Crippen molar-refractivity contribution in [1.82, 2.24) is 0 Å². The van der Waals surface area contributed by atoms with E-state index in [1.807, 2.05) is 12.3 Å². The molecule has 1 aliphatic heterocycles. The van der Waals surface area contributed by atoms with Crippen LogP contribution in [0.4, 0.5) is 11.4 Å². The standard InChI is InChI=1S/C24H30N2O2/c1-6-12-26-22-11-10-18(13-20(22)16(2)14-24(26,4)5)15-25-21-9-7-8-19(17(21)3)23(27)28/h7-11,13,15-16H,6,12,14H2,1-5H3,(H,27,28). The number of anilines is 1. The molecule has 2 aromatic rings. The second-order valence-electron chi connectivity index (χ2n) is 8.40. The van der Waals surface area contributed by atoms with E-state index in [9.17, 15) is 9.90 Å². The first kappa shape index (κ1) is 20.1. The molecule has 4 heteroatoms. The second kappa shape index (κ2) is 7.78. The highest BCUT2D eigenvalue weighted by Gasteiger charge is 2.35. The minimum atomic E-state index is -0.921. The Labute approximate surface area is 167 Å². The van der Waals surface area contributed by atoms with E-state index in [1.165, 1.54) is 11.3 Å². The van der Waals surface area contributed by atoms with Gasteiger partial charge < -0.3 is 10.0 Å². The molecule has 148 valence electrons. The van der Waals surface area contributed by atoms with Crippen molar-refractivity contribution in [1.29, 1.82) is 0 Å². The van der Waals surface area contributed by atoms with E-state index in [0.29, 0.717) is 22.7 Å². The Balaban J connectivity index is 1.95. The first-order valence-corrected chi connectivity index (χ1v) is 10.0. The van der Waals surface area contributed by atoms with Gasteiger partial charge >= 0.3 is 5.97 Å². The van der Waals surface area contributed by atoms with Crippen molar-refractivity contribution >= 4 is 23.6 Å². The molecule has 1 N–H and O–H groups in total. The van der Waals surface area contributed by atoms with Crippen LogP contribution in [0.15, 0.2) is 41.4 Å². The lowest BCUT2D eigenvalue weighted by molar-refractivity contribution is 0.0696. The van der Waals surface area contributed by atoms with Gasteiger partial charge in [0.05, 0.1) is 11.3 Å². The Kier molecular flexibility index (Phi) is 5.59. The first-order valence-electron chi connectivity index (χ1n) is 10.0. The van der Waals surface area contributed by atoms with E-state index in [0.717, 1.165) is 24.9 Å². The molecular weight excluding hydrogens is 348 g/mol. The van der Waals surface area contributed by atoms with Gasteiger partial charge in [-0.15, -0.1) is 0 Å². The van der Waals surface area contributed by atoms with Crippen molar-refractivity contribution in [3.8, 4) is 0 Å². The number of hydrogen-bond donors (Lipinski definition) is 1. The number of benzene rings is 2. The number of aromatic carboxylic acids is 1. The summed E-state index contributed by atoms with van der Waals surface area (Å²) in [5.74, 6) is -0.431. The fourth-order valence-electron chi connectivity index (χ4n) is 4.38. The van der Waals surface area contributed by atoms with E-state index in [2.05, 4.69) is 55.8 Å². The van der Waals surface area contributed by atoms with Gasteiger partial charge in [-0.25, -0.2) is 4.79 Å². The molecule has 4 nitrogen and oxygen atoms in total. The summed E-state index contributed by atoms with van der Waals surface area (Å²) in [5, 5.41) is 9.29. The van der Waals surface area contributed by atoms with Crippen molar-refractivity contribution in [2.75, 3.05) is 11.4 Å². The zero-order chi connectivity index (χ0) is 20.5. The average molecular weight is 379 g/mol. The monoisotopic (exact) mass is 378 g/mol. The van der Waals surface area contributed by atoms with E-state index >= 15 is 0 Å². The van der Waals surface area contributed by atoms with Crippen LogP contribution >= 0.6 is 0 Å². The Morgan fingerprint density at radius 1 is 1.32 bits per heavy atom. The zero-order valence-corrected chi connectivity index (χ0v) is 17.5. The molecule has 0 spiro atoms. The van der Waals surface area contributed by atoms with Gasteiger partial charge in [-0.2, -0.15) is 0 Å². The predicted octanol–water partition coefficient (Wildman–Crippen LogP) is 5.95. The highest BCUT2D eigenvalue weighted by Crippen LogP contribution is 2.43. The molecule has 2 aromatic carbocycles. The van der Waals surface area contributed by atoms with Crippen LogP contribution in [0.25, 0.3) is 0 Å². The molecular formula is C24H30N2O2. The zero-order valence-electron chi connectivity index (χ0n) is 17.5. The third-order valence-corrected chi connectivity index (χ3v) is 5.75. The molecule has 0 saturated heterocycles. The molecule has 0 amide bonds. The van der Waals surface area contributed by atoms with Crippen molar-refractivity contribution < 1.29 is 9.90 Å². The molecule has 1 heterocycles. The quantitative estimate of drug-likeness (QED) is 0.655. The summed E-state index contributed by atoms with van der Waals surface area (Å²) < 4.78 is 0. The first-order chi connectivity index (χ1) is 13.2. The van der Waals surface area contributed by atoms with Gasteiger partial charge in [-0.1, -0.05) is 26.0 Å². The van der Waals surface area contributed by atoms with Crippen LogP contribution in [-0.4, -0.2) is 29.4 Å². The molecule has 0 aliphatic carbocycles. The van der Waals surface area contributed by atoms with E-state index < -0.39 is 5.97 Å². The molecule has 1 aliphatic rings. The summed E-state index contributed by atoms with van der Waals surface area (Å²) in [5.41, 5.74) is 5.58. The summed E-state index contributed by atoms with van der Waals surface area (Å²) in [6.07, 6.45) is 4.09. The van der Waals surface area contributed by atoms with Crippen LogP contribution in [0.3, 0.4) is 0 Å². The minimum absolute atomic E-state index is 0.159. The summed E-state index contributed by atoms with van der Waals surface area (Å²) in [4.78, 5) is 18.4. The number of carboxylic acids is 1. The molecule has 1 atom stereocenters. The summed E-state index contributed by atoms with van der Waals surface area (Å²) in [7, 11) is 0. The van der Waals surface area contributed by atoms with E-state index in [-0.39, 0.29) is 5.54 Å². The van der Waals surface area contributed by atoms with Gasteiger partial charge in [-0.05, 0) is 80.5 Å². The van der Waals surface area contributed by atoms with Gasteiger partial charge in [0.1, 0.15) is 0 Å². The highest BCUT2D eigenvalue weighted by molar-refractivity contribution is 5.92. The van der Waals surface area contributed by atoms with Crippen molar-refractivity contribution in [2.24, 2.45) is 4.99 Å². The van der Waals surface area contributed by atoms with Gasteiger partial charge in [0.2, 0.25) is 0 Å². The lowest BCUT2D eigenvalue weighted by atomic mass is 9.79. The van der Waals surface area contributed by atoms with Gasteiger partial charge in [-0.3, -0.25) is 4.99 Å². The minimum Gasteiger partial charge on any atom is -0.478 e. The highest BCUT2D eigenvalue weighted by atomic mass is 16.4. The number of nitrogens with zero attached hydrogens (tertiary/aromatic N) is 2.